The van der Waals surface area contributed by atoms with E-state index in [1.807, 2.05) is 6.92 Å². The van der Waals surface area contributed by atoms with E-state index in [0.29, 0.717) is 31.8 Å². The van der Waals surface area contributed by atoms with Gasteiger partial charge in [0.05, 0.1) is 0 Å². The molecule has 1 saturated heterocycles. The second kappa shape index (κ2) is 4.21. The molecule has 2 amide bonds. The molecule has 0 aromatic heterocycles. The van der Waals surface area contributed by atoms with Crippen LogP contribution in [-0.4, -0.2) is 35.8 Å². The highest BCUT2D eigenvalue weighted by atomic mass is 16.2. The Morgan fingerprint density at radius 3 is 2.87 bits per heavy atom. The van der Waals surface area contributed by atoms with Crippen molar-refractivity contribution in [3.63, 3.8) is 0 Å². The quantitative estimate of drug-likeness (QED) is 0.738. The van der Waals surface area contributed by atoms with Gasteiger partial charge in [0.25, 0.3) is 0 Å². The lowest BCUT2D eigenvalue weighted by molar-refractivity contribution is -0.143. The minimum Gasteiger partial charge on any atom is -0.353 e. The Labute approximate surface area is 90.0 Å². The Morgan fingerprint density at radius 1 is 1.53 bits per heavy atom. The van der Waals surface area contributed by atoms with Gasteiger partial charge < -0.3 is 10.2 Å². The highest BCUT2D eigenvalue weighted by Gasteiger charge is 2.34. The second-order valence-electron chi connectivity index (χ2n) is 4.45. The molecule has 1 saturated carbocycles. The van der Waals surface area contributed by atoms with Gasteiger partial charge in [0.2, 0.25) is 11.8 Å². The topological polar surface area (TPSA) is 49.4 Å². The smallest absolute Gasteiger partial charge is 0.242 e. The van der Waals surface area contributed by atoms with Crippen LogP contribution in [0.3, 0.4) is 0 Å². The summed E-state index contributed by atoms with van der Waals surface area (Å²) < 4.78 is 0. The Morgan fingerprint density at radius 2 is 2.27 bits per heavy atom. The predicted octanol–water partition coefficient (Wildman–Crippen LogP) is 0.523. The zero-order chi connectivity index (χ0) is 10.8. The molecule has 2 rings (SSSR count). The van der Waals surface area contributed by atoms with Gasteiger partial charge in [-0.15, -0.1) is 0 Å². The highest BCUT2D eigenvalue weighted by Crippen LogP contribution is 2.33. The standard InChI is InChI=1S/C11H18N2O2/c1-2-9-11(15)12-5-6-13(9)10(14)7-8-3-4-8/h8-9H,2-7H2,1H3,(H,12,15). The van der Waals surface area contributed by atoms with Crippen LogP contribution < -0.4 is 5.32 Å². The van der Waals surface area contributed by atoms with Crippen LogP contribution in [0.25, 0.3) is 0 Å². The minimum absolute atomic E-state index is 0.00731. The van der Waals surface area contributed by atoms with E-state index in [1.54, 1.807) is 4.90 Å². The lowest BCUT2D eigenvalue weighted by Crippen LogP contribution is -2.56. The molecule has 1 atom stereocenters. The number of carbonyl (C=O) groups excluding carboxylic acids is 2. The third-order valence-corrected chi connectivity index (χ3v) is 3.20. The maximum Gasteiger partial charge on any atom is 0.242 e. The molecule has 2 fully saturated rings. The Kier molecular flexibility index (Phi) is 2.93. The van der Waals surface area contributed by atoms with E-state index in [2.05, 4.69) is 5.32 Å². The Hall–Kier alpha value is -1.06. The van der Waals surface area contributed by atoms with E-state index < -0.39 is 0 Å². The fourth-order valence-electron chi connectivity index (χ4n) is 2.11. The lowest BCUT2D eigenvalue weighted by atomic mass is 10.1. The molecule has 0 aromatic carbocycles. The zero-order valence-electron chi connectivity index (χ0n) is 9.16. The predicted molar refractivity (Wildman–Crippen MR) is 56.1 cm³/mol. The van der Waals surface area contributed by atoms with Crippen LogP contribution in [0.2, 0.25) is 0 Å². The average molecular weight is 210 g/mol. The monoisotopic (exact) mass is 210 g/mol. The summed E-state index contributed by atoms with van der Waals surface area (Å²) in [6.07, 6.45) is 3.72. The number of rotatable bonds is 3. The van der Waals surface area contributed by atoms with Crippen molar-refractivity contribution < 1.29 is 9.59 Å². The van der Waals surface area contributed by atoms with Crippen LogP contribution in [0.4, 0.5) is 0 Å². The van der Waals surface area contributed by atoms with Crippen LogP contribution in [0, 0.1) is 5.92 Å². The number of carbonyl (C=O) groups is 2. The molecule has 0 aromatic rings. The summed E-state index contributed by atoms with van der Waals surface area (Å²) in [6, 6.07) is -0.231. The molecule has 0 spiro atoms. The summed E-state index contributed by atoms with van der Waals surface area (Å²) in [7, 11) is 0. The van der Waals surface area contributed by atoms with Gasteiger partial charge in [-0.05, 0) is 25.2 Å². The van der Waals surface area contributed by atoms with Gasteiger partial charge in [0, 0.05) is 19.5 Å². The first-order chi connectivity index (χ1) is 7.22. The zero-order valence-corrected chi connectivity index (χ0v) is 9.16. The molecule has 15 heavy (non-hydrogen) atoms. The highest BCUT2D eigenvalue weighted by molar-refractivity contribution is 5.88. The molecule has 1 heterocycles. The van der Waals surface area contributed by atoms with Gasteiger partial charge in [-0.25, -0.2) is 0 Å². The van der Waals surface area contributed by atoms with Gasteiger partial charge in [-0.1, -0.05) is 6.92 Å². The SMILES string of the molecule is CCC1C(=O)NCCN1C(=O)CC1CC1. The van der Waals surface area contributed by atoms with E-state index in [4.69, 9.17) is 0 Å². The van der Waals surface area contributed by atoms with Crippen molar-refractivity contribution in [3.05, 3.63) is 0 Å². The largest absolute Gasteiger partial charge is 0.353 e. The number of hydrogen-bond acceptors (Lipinski definition) is 2. The van der Waals surface area contributed by atoms with Gasteiger partial charge in [-0.2, -0.15) is 0 Å². The molecular weight excluding hydrogens is 192 g/mol. The molecule has 1 unspecified atom stereocenters. The fourth-order valence-corrected chi connectivity index (χ4v) is 2.11. The minimum atomic E-state index is -0.231. The fraction of sp³-hybridized carbons (Fsp3) is 0.818. The molecule has 0 bridgehead atoms. The number of amides is 2. The number of nitrogens with one attached hydrogen (secondary N) is 1. The summed E-state index contributed by atoms with van der Waals surface area (Å²) >= 11 is 0. The molecule has 0 radical (unpaired) electrons. The molecule has 1 N–H and O–H groups in total. The maximum absolute atomic E-state index is 11.9. The van der Waals surface area contributed by atoms with E-state index in [9.17, 15) is 9.59 Å². The molecular formula is C11H18N2O2. The first-order valence-corrected chi connectivity index (χ1v) is 5.79. The van der Waals surface area contributed by atoms with Gasteiger partial charge in [0.15, 0.2) is 0 Å². The molecule has 1 aliphatic carbocycles. The first-order valence-electron chi connectivity index (χ1n) is 5.79. The van der Waals surface area contributed by atoms with Crippen molar-refractivity contribution in [3.8, 4) is 0 Å². The second-order valence-corrected chi connectivity index (χ2v) is 4.45. The van der Waals surface area contributed by atoms with E-state index in [1.165, 1.54) is 12.8 Å². The summed E-state index contributed by atoms with van der Waals surface area (Å²) in [5.41, 5.74) is 0. The van der Waals surface area contributed by atoms with Crippen molar-refractivity contribution >= 4 is 11.8 Å². The van der Waals surface area contributed by atoms with Gasteiger partial charge >= 0.3 is 0 Å². The molecule has 1 aliphatic heterocycles. The van der Waals surface area contributed by atoms with Crippen LogP contribution in [0.1, 0.15) is 32.6 Å². The third-order valence-electron chi connectivity index (χ3n) is 3.20. The Bertz CT molecular complexity index is 274. The van der Waals surface area contributed by atoms with Crippen molar-refractivity contribution in [1.29, 1.82) is 0 Å². The van der Waals surface area contributed by atoms with Crippen LogP contribution >= 0.6 is 0 Å². The van der Waals surface area contributed by atoms with Crippen molar-refractivity contribution in [2.45, 2.75) is 38.6 Å². The van der Waals surface area contributed by atoms with Crippen LogP contribution in [0.15, 0.2) is 0 Å². The van der Waals surface area contributed by atoms with Crippen LogP contribution in [-0.2, 0) is 9.59 Å². The van der Waals surface area contributed by atoms with Gasteiger partial charge in [-0.3, -0.25) is 9.59 Å². The molecule has 4 nitrogen and oxygen atoms in total. The first kappa shape index (κ1) is 10.5. The van der Waals surface area contributed by atoms with E-state index in [0.717, 1.165) is 0 Å². The third kappa shape index (κ3) is 2.30. The van der Waals surface area contributed by atoms with Gasteiger partial charge in [0.1, 0.15) is 6.04 Å². The molecule has 84 valence electrons. The Balaban J connectivity index is 1.97. The van der Waals surface area contributed by atoms with E-state index in [-0.39, 0.29) is 17.9 Å². The lowest BCUT2D eigenvalue weighted by Gasteiger charge is -2.34. The van der Waals surface area contributed by atoms with E-state index >= 15 is 0 Å². The summed E-state index contributed by atoms with van der Waals surface area (Å²) in [5.74, 6) is 0.770. The number of nitrogens with zero attached hydrogens (tertiary/aromatic N) is 1. The number of piperazine rings is 1. The van der Waals surface area contributed by atoms with Crippen molar-refractivity contribution in [2.24, 2.45) is 5.92 Å². The summed E-state index contributed by atoms with van der Waals surface area (Å²) in [4.78, 5) is 25.2. The average Bonchev–Trinajstić information content (AvgIpc) is 3.01. The summed E-state index contributed by atoms with van der Waals surface area (Å²) in [5, 5.41) is 2.80. The van der Waals surface area contributed by atoms with Crippen molar-refractivity contribution in [1.82, 2.24) is 10.2 Å². The summed E-state index contributed by atoms with van der Waals surface area (Å²) in [6.45, 7) is 3.23. The molecule has 2 aliphatic rings. The normalized spacial score (nSPS) is 26.3. The van der Waals surface area contributed by atoms with Crippen LogP contribution in [0.5, 0.6) is 0 Å². The maximum atomic E-state index is 11.9. The number of hydrogen-bond donors (Lipinski definition) is 1. The molecule has 4 heteroatoms. The van der Waals surface area contributed by atoms with Crippen molar-refractivity contribution in [2.75, 3.05) is 13.1 Å².